The number of amides is 1. The Hall–Kier alpha value is -3.95. The summed E-state index contributed by atoms with van der Waals surface area (Å²) in [5, 5.41) is 11.7. The number of hydrogen-bond acceptors (Lipinski definition) is 3. The van der Waals surface area contributed by atoms with Gasteiger partial charge in [-0.2, -0.15) is 13.2 Å². The van der Waals surface area contributed by atoms with Crippen LogP contribution in [0.1, 0.15) is 61.7 Å². The van der Waals surface area contributed by atoms with Crippen molar-refractivity contribution in [1.29, 1.82) is 0 Å². The first-order valence-electron chi connectivity index (χ1n) is 10.9. The molecule has 1 amide bonds. The molecule has 0 heterocycles. The van der Waals surface area contributed by atoms with Crippen LogP contribution in [0.15, 0.2) is 42.5 Å². The van der Waals surface area contributed by atoms with E-state index in [1.165, 1.54) is 26.0 Å². The zero-order valence-corrected chi connectivity index (χ0v) is 19.1. The number of aryl methyl sites for hydroxylation is 2. The summed E-state index contributed by atoms with van der Waals surface area (Å²) in [4.78, 5) is 24.6. The van der Waals surface area contributed by atoms with E-state index in [1.807, 2.05) is 0 Å². The van der Waals surface area contributed by atoms with Gasteiger partial charge < -0.3 is 15.2 Å². The number of carboxylic acid groups (broad SMARTS) is 1. The molecule has 0 atom stereocenters. The van der Waals surface area contributed by atoms with Crippen molar-refractivity contribution >= 4 is 17.6 Å². The maximum atomic E-state index is 14.1. The van der Waals surface area contributed by atoms with E-state index < -0.39 is 46.6 Å². The summed E-state index contributed by atoms with van der Waals surface area (Å²) in [7, 11) is 0. The third kappa shape index (κ3) is 5.17. The maximum absolute atomic E-state index is 14.1. The molecule has 10 heteroatoms. The Morgan fingerprint density at radius 2 is 1.64 bits per heavy atom. The molecule has 1 aliphatic carbocycles. The van der Waals surface area contributed by atoms with E-state index in [2.05, 4.69) is 5.32 Å². The third-order valence-corrected chi connectivity index (χ3v) is 5.82. The minimum absolute atomic E-state index is 0.0449. The molecule has 4 rings (SSSR count). The van der Waals surface area contributed by atoms with E-state index in [4.69, 9.17) is 4.74 Å². The molecule has 3 aromatic carbocycles. The predicted octanol–water partition coefficient (Wildman–Crippen LogP) is 7.22. The second kappa shape index (κ2) is 9.25. The van der Waals surface area contributed by atoms with Crippen LogP contribution in [0.25, 0.3) is 0 Å². The molecule has 1 fully saturated rings. The van der Waals surface area contributed by atoms with Crippen molar-refractivity contribution in [2.24, 2.45) is 0 Å². The van der Waals surface area contributed by atoms with Crippen LogP contribution in [-0.2, 0) is 6.18 Å². The molecule has 0 spiro atoms. The first-order chi connectivity index (χ1) is 16.8. The predicted molar refractivity (Wildman–Crippen MR) is 121 cm³/mol. The molecular weight excluding hydrogens is 485 g/mol. The van der Waals surface area contributed by atoms with Gasteiger partial charge in [0, 0.05) is 5.69 Å². The topological polar surface area (TPSA) is 75.6 Å². The number of carbonyl (C=O) groups excluding carboxylic acids is 1. The Bertz CT molecular complexity index is 1380. The lowest BCUT2D eigenvalue weighted by Crippen LogP contribution is -2.17. The first-order valence-corrected chi connectivity index (χ1v) is 10.9. The van der Waals surface area contributed by atoms with Crippen LogP contribution in [0, 0.1) is 25.5 Å². The summed E-state index contributed by atoms with van der Waals surface area (Å²) in [6, 6.07) is 7.40. The molecule has 3 aromatic rings. The third-order valence-electron chi connectivity index (χ3n) is 5.82. The van der Waals surface area contributed by atoms with Crippen molar-refractivity contribution in [3.8, 4) is 11.5 Å². The summed E-state index contributed by atoms with van der Waals surface area (Å²) in [6.07, 6.45) is -3.66. The number of benzene rings is 3. The maximum Gasteiger partial charge on any atom is 0.416 e. The minimum Gasteiger partial charge on any atom is -0.478 e. The summed E-state index contributed by atoms with van der Waals surface area (Å²) in [6.45, 7) is 2.81. The first kappa shape index (κ1) is 25.2. The van der Waals surface area contributed by atoms with Gasteiger partial charge in [-0.15, -0.1) is 0 Å². The normalized spacial score (nSPS) is 13.4. The molecule has 36 heavy (non-hydrogen) atoms. The fourth-order valence-electron chi connectivity index (χ4n) is 3.88. The van der Waals surface area contributed by atoms with E-state index in [-0.39, 0.29) is 34.0 Å². The molecule has 188 valence electrons. The number of carbonyl (C=O) groups is 2. The van der Waals surface area contributed by atoms with Gasteiger partial charge in [0.15, 0.2) is 0 Å². The van der Waals surface area contributed by atoms with E-state index in [0.29, 0.717) is 18.4 Å². The van der Waals surface area contributed by atoms with Crippen molar-refractivity contribution in [3.63, 3.8) is 0 Å². The molecule has 1 aliphatic rings. The number of ether oxygens (including phenoxy) is 1. The van der Waals surface area contributed by atoms with Gasteiger partial charge >= 0.3 is 12.1 Å². The van der Waals surface area contributed by atoms with E-state index >= 15 is 0 Å². The summed E-state index contributed by atoms with van der Waals surface area (Å²) < 4.78 is 74.9. The highest BCUT2D eigenvalue weighted by Crippen LogP contribution is 2.48. The molecule has 0 unspecified atom stereocenters. The van der Waals surface area contributed by atoms with Gasteiger partial charge in [0.1, 0.15) is 23.1 Å². The Balaban J connectivity index is 1.81. The number of carboxylic acids is 1. The fraction of sp³-hybridized carbons (Fsp3) is 0.231. The number of aromatic carboxylic acids is 1. The SMILES string of the molecule is Cc1cc(F)ccc1Oc1cc(C(F)(F)F)c(C2CC2)cc1C(=O)Nc1cc(C)c(F)c(C(=O)O)c1. The molecule has 2 N–H and O–H groups in total. The van der Waals surface area contributed by atoms with Crippen LogP contribution in [-0.4, -0.2) is 17.0 Å². The average molecular weight is 505 g/mol. The van der Waals surface area contributed by atoms with Gasteiger partial charge in [0.05, 0.1) is 16.7 Å². The number of hydrogen-bond donors (Lipinski definition) is 2. The largest absolute Gasteiger partial charge is 0.478 e. The smallest absolute Gasteiger partial charge is 0.416 e. The zero-order valence-electron chi connectivity index (χ0n) is 19.1. The van der Waals surface area contributed by atoms with Crippen molar-refractivity contribution in [3.05, 3.63) is 87.5 Å². The molecule has 0 bridgehead atoms. The molecule has 5 nitrogen and oxygen atoms in total. The van der Waals surface area contributed by atoms with Gasteiger partial charge in [0.2, 0.25) is 0 Å². The van der Waals surface area contributed by atoms with Gasteiger partial charge in [-0.1, -0.05) is 0 Å². The lowest BCUT2D eigenvalue weighted by atomic mass is 9.98. The highest BCUT2D eigenvalue weighted by molar-refractivity contribution is 6.07. The quantitative estimate of drug-likeness (QED) is 0.347. The van der Waals surface area contributed by atoms with Crippen molar-refractivity contribution in [2.75, 3.05) is 5.32 Å². The second-order valence-corrected chi connectivity index (χ2v) is 8.63. The molecule has 0 aromatic heterocycles. The van der Waals surface area contributed by atoms with Crippen molar-refractivity contribution in [1.82, 2.24) is 0 Å². The van der Waals surface area contributed by atoms with Crippen LogP contribution in [0.2, 0.25) is 0 Å². The van der Waals surface area contributed by atoms with Gasteiger partial charge in [-0.05, 0) is 91.8 Å². The Labute approximate surface area is 202 Å². The summed E-state index contributed by atoms with van der Waals surface area (Å²) in [5.41, 5.74) is -1.73. The number of halogens is 5. The Morgan fingerprint density at radius 1 is 0.944 bits per heavy atom. The van der Waals surface area contributed by atoms with Crippen LogP contribution in [0.4, 0.5) is 27.6 Å². The molecule has 1 saturated carbocycles. The molecule has 0 aliphatic heterocycles. The van der Waals surface area contributed by atoms with Crippen LogP contribution in [0.5, 0.6) is 11.5 Å². The second-order valence-electron chi connectivity index (χ2n) is 8.63. The average Bonchev–Trinajstić information content (AvgIpc) is 3.62. The fourth-order valence-corrected chi connectivity index (χ4v) is 3.88. The lowest BCUT2D eigenvalue weighted by Gasteiger charge is -2.19. The van der Waals surface area contributed by atoms with E-state index in [9.17, 15) is 36.6 Å². The van der Waals surface area contributed by atoms with Gasteiger partial charge in [-0.25, -0.2) is 13.6 Å². The zero-order chi connectivity index (χ0) is 26.4. The summed E-state index contributed by atoms with van der Waals surface area (Å²) in [5.74, 6) is -4.72. The summed E-state index contributed by atoms with van der Waals surface area (Å²) >= 11 is 0. The van der Waals surface area contributed by atoms with Crippen LogP contribution >= 0.6 is 0 Å². The number of anilines is 1. The molecule has 0 radical (unpaired) electrons. The number of rotatable bonds is 6. The standard InChI is InChI=1S/C26H20F5NO4/c1-12-7-15(27)5-6-21(12)36-22-11-20(26(29,30)31)17(14-3-4-14)10-18(22)24(33)32-16-8-13(2)23(28)19(9-16)25(34)35/h5-11,14H,3-4H2,1-2H3,(H,32,33)(H,34,35). The number of nitrogens with one attached hydrogen (secondary N) is 1. The van der Waals surface area contributed by atoms with Crippen LogP contribution in [0.3, 0.4) is 0 Å². The van der Waals surface area contributed by atoms with Crippen LogP contribution < -0.4 is 10.1 Å². The molecule has 0 saturated heterocycles. The monoisotopic (exact) mass is 505 g/mol. The van der Waals surface area contributed by atoms with Crippen molar-refractivity contribution in [2.45, 2.75) is 38.8 Å². The van der Waals surface area contributed by atoms with E-state index in [0.717, 1.165) is 30.3 Å². The Morgan fingerprint density at radius 3 is 2.22 bits per heavy atom. The highest BCUT2D eigenvalue weighted by Gasteiger charge is 2.40. The Kier molecular flexibility index (Phi) is 6.46. The van der Waals surface area contributed by atoms with E-state index in [1.54, 1.807) is 0 Å². The highest BCUT2D eigenvalue weighted by atomic mass is 19.4. The van der Waals surface area contributed by atoms with Crippen molar-refractivity contribution < 1.29 is 41.4 Å². The minimum atomic E-state index is -4.71. The van der Waals surface area contributed by atoms with Gasteiger partial charge in [-0.3, -0.25) is 4.79 Å². The molecular formula is C26H20F5NO4. The number of alkyl halides is 3. The lowest BCUT2D eigenvalue weighted by molar-refractivity contribution is -0.138. The van der Waals surface area contributed by atoms with Gasteiger partial charge in [0.25, 0.3) is 5.91 Å².